The van der Waals surface area contributed by atoms with E-state index in [-0.39, 0.29) is 5.97 Å². The van der Waals surface area contributed by atoms with Crippen LogP contribution in [0.3, 0.4) is 0 Å². The molecule has 0 saturated heterocycles. The molecule has 4 saturated carbocycles. The van der Waals surface area contributed by atoms with Crippen LogP contribution in [-0.2, 0) is 9.53 Å². The third-order valence-electron chi connectivity index (χ3n) is 5.70. The smallest absolute Gasteiger partial charge is 0.305 e. The van der Waals surface area contributed by atoms with Crippen LogP contribution in [0.2, 0.25) is 0 Å². The van der Waals surface area contributed by atoms with Crippen molar-refractivity contribution in [3.63, 3.8) is 0 Å². The fourth-order valence-corrected chi connectivity index (χ4v) is 5.45. The second-order valence-electron chi connectivity index (χ2n) is 7.50. The summed E-state index contributed by atoms with van der Waals surface area (Å²) in [5, 5.41) is 3.63. The van der Waals surface area contributed by atoms with Gasteiger partial charge in [0.1, 0.15) is 0 Å². The van der Waals surface area contributed by atoms with Crippen molar-refractivity contribution < 1.29 is 9.53 Å². The lowest BCUT2D eigenvalue weighted by molar-refractivity contribution is -0.143. The van der Waals surface area contributed by atoms with Crippen LogP contribution in [0.5, 0.6) is 0 Å². The molecular formula is C17H29NO2. The van der Waals surface area contributed by atoms with Gasteiger partial charge in [-0.15, -0.1) is 0 Å². The Morgan fingerprint density at radius 2 is 1.75 bits per heavy atom. The van der Waals surface area contributed by atoms with E-state index in [2.05, 4.69) is 5.32 Å². The average Bonchev–Trinajstić information content (AvgIpc) is 2.36. The van der Waals surface area contributed by atoms with Gasteiger partial charge in [-0.05, 0) is 81.6 Å². The summed E-state index contributed by atoms with van der Waals surface area (Å²) in [6.07, 6.45) is 10.4. The maximum absolute atomic E-state index is 11.3. The highest BCUT2D eigenvalue weighted by Gasteiger charge is 2.50. The summed E-state index contributed by atoms with van der Waals surface area (Å²) in [6, 6.07) is 0. The Morgan fingerprint density at radius 1 is 1.15 bits per heavy atom. The minimum atomic E-state index is -0.0518. The first-order chi connectivity index (χ1) is 9.69. The highest BCUT2D eigenvalue weighted by molar-refractivity contribution is 5.69. The zero-order valence-electron chi connectivity index (χ0n) is 12.8. The molecule has 0 aromatic carbocycles. The minimum Gasteiger partial charge on any atom is -0.466 e. The molecule has 0 aliphatic heterocycles. The first-order valence-corrected chi connectivity index (χ1v) is 8.55. The van der Waals surface area contributed by atoms with Crippen LogP contribution in [0.15, 0.2) is 0 Å². The molecule has 4 rings (SSSR count). The first kappa shape index (κ1) is 14.4. The molecule has 4 aliphatic rings. The summed E-state index contributed by atoms with van der Waals surface area (Å²) in [6.45, 7) is 4.50. The van der Waals surface area contributed by atoms with Gasteiger partial charge in [0.25, 0.3) is 0 Å². The SMILES string of the molecule is CCOC(=O)CCCNCC12CC3CC(CC(C3)C1)C2. The van der Waals surface area contributed by atoms with E-state index in [1.165, 1.54) is 45.1 Å². The van der Waals surface area contributed by atoms with Crippen molar-refractivity contribution in [2.45, 2.75) is 58.3 Å². The number of carbonyl (C=O) groups excluding carboxylic acids is 1. The van der Waals surface area contributed by atoms with E-state index in [1.54, 1.807) is 0 Å². The van der Waals surface area contributed by atoms with Crippen molar-refractivity contribution >= 4 is 5.97 Å². The van der Waals surface area contributed by atoms with Gasteiger partial charge in [-0.2, -0.15) is 0 Å². The molecule has 0 unspecified atom stereocenters. The first-order valence-electron chi connectivity index (χ1n) is 8.55. The molecule has 0 spiro atoms. The van der Waals surface area contributed by atoms with Crippen molar-refractivity contribution in [2.24, 2.45) is 23.2 Å². The van der Waals surface area contributed by atoms with E-state index in [0.29, 0.717) is 18.4 Å². The molecule has 0 radical (unpaired) electrons. The molecular weight excluding hydrogens is 250 g/mol. The number of carbonyl (C=O) groups is 1. The maximum Gasteiger partial charge on any atom is 0.305 e. The molecule has 0 aromatic rings. The molecule has 1 N–H and O–H groups in total. The van der Waals surface area contributed by atoms with Crippen LogP contribution < -0.4 is 5.32 Å². The van der Waals surface area contributed by atoms with Crippen molar-refractivity contribution in [3.05, 3.63) is 0 Å². The quantitative estimate of drug-likeness (QED) is 0.575. The van der Waals surface area contributed by atoms with Gasteiger partial charge in [-0.25, -0.2) is 0 Å². The summed E-state index contributed by atoms with van der Waals surface area (Å²) in [4.78, 5) is 11.3. The normalized spacial score (nSPS) is 38.1. The molecule has 20 heavy (non-hydrogen) atoms. The van der Waals surface area contributed by atoms with E-state index < -0.39 is 0 Å². The lowest BCUT2D eigenvalue weighted by Crippen LogP contribution is -2.50. The van der Waals surface area contributed by atoms with Crippen molar-refractivity contribution in [3.8, 4) is 0 Å². The van der Waals surface area contributed by atoms with Gasteiger partial charge in [0.2, 0.25) is 0 Å². The molecule has 4 fully saturated rings. The van der Waals surface area contributed by atoms with Crippen LogP contribution in [0.25, 0.3) is 0 Å². The van der Waals surface area contributed by atoms with Gasteiger partial charge in [0.15, 0.2) is 0 Å². The van der Waals surface area contributed by atoms with Crippen LogP contribution >= 0.6 is 0 Å². The molecule has 0 heterocycles. The van der Waals surface area contributed by atoms with E-state index >= 15 is 0 Å². The molecule has 0 amide bonds. The van der Waals surface area contributed by atoms with Gasteiger partial charge in [0, 0.05) is 13.0 Å². The maximum atomic E-state index is 11.3. The van der Waals surface area contributed by atoms with Crippen LogP contribution in [-0.4, -0.2) is 25.7 Å². The van der Waals surface area contributed by atoms with E-state index in [9.17, 15) is 4.79 Å². The average molecular weight is 279 g/mol. The van der Waals surface area contributed by atoms with Crippen molar-refractivity contribution in [1.82, 2.24) is 5.32 Å². The number of hydrogen-bond donors (Lipinski definition) is 1. The Kier molecular flexibility index (Phi) is 4.34. The third kappa shape index (κ3) is 3.19. The largest absolute Gasteiger partial charge is 0.466 e. The molecule has 3 heteroatoms. The van der Waals surface area contributed by atoms with E-state index in [4.69, 9.17) is 4.74 Å². The monoisotopic (exact) mass is 279 g/mol. The summed E-state index contributed by atoms with van der Waals surface area (Å²) >= 11 is 0. The Morgan fingerprint density at radius 3 is 2.30 bits per heavy atom. The lowest BCUT2D eigenvalue weighted by Gasteiger charge is -2.57. The second kappa shape index (κ2) is 6.05. The number of ether oxygens (including phenoxy) is 1. The summed E-state index contributed by atoms with van der Waals surface area (Å²) in [7, 11) is 0. The fourth-order valence-electron chi connectivity index (χ4n) is 5.45. The zero-order valence-corrected chi connectivity index (χ0v) is 12.8. The molecule has 0 aromatic heterocycles. The summed E-state index contributed by atoms with van der Waals surface area (Å²) in [5.41, 5.74) is 0.610. The highest BCUT2D eigenvalue weighted by Crippen LogP contribution is 2.59. The number of rotatable bonds is 7. The Bertz CT molecular complexity index is 318. The van der Waals surface area contributed by atoms with E-state index in [1.807, 2.05) is 6.92 Å². The topological polar surface area (TPSA) is 38.3 Å². The summed E-state index contributed by atoms with van der Waals surface area (Å²) < 4.78 is 4.96. The second-order valence-corrected chi connectivity index (χ2v) is 7.50. The fraction of sp³-hybridized carbons (Fsp3) is 0.941. The number of hydrogen-bond acceptors (Lipinski definition) is 3. The predicted molar refractivity (Wildman–Crippen MR) is 79.3 cm³/mol. The Balaban J connectivity index is 1.37. The standard InChI is InChI=1S/C17H29NO2/c1-2-20-16(19)4-3-5-18-12-17-9-13-6-14(10-17)8-15(7-13)11-17/h13-15,18H,2-12H2,1H3. The van der Waals surface area contributed by atoms with Gasteiger partial charge < -0.3 is 10.1 Å². The van der Waals surface area contributed by atoms with E-state index in [0.717, 1.165) is 30.7 Å². The van der Waals surface area contributed by atoms with Gasteiger partial charge in [0.05, 0.1) is 6.61 Å². The minimum absolute atomic E-state index is 0.0518. The molecule has 0 atom stereocenters. The van der Waals surface area contributed by atoms with Crippen molar-refractivity contribution in [1.29, 1.82) is 0 Å². The Labute approximate surface area is 122 Å². The molecule has 3 nitrogen and oxygen atoms in total. The van der Waals surface area contributed by atoms with Gasteiger partial charge in [-0.1, -0.05) is 0 Å². The molecule has 114 valence electrons. The van der Waals surface area contributed by atoms with Gasteiger partial charge >= 0.3 is 5.97 Å². The summed E-state index contributed by atoms with van der Waals surface area (Å²) in [5.74, 6) is 3.04. The lowest BCUT2D eigenvalue weighted by atomic mass is 9.49. The van der Waals surface area contributed by atoms with Crippen LogP contribution in [0.1, 0.15) is 58.3 Å². The number of esters is 1. The van der Waals surface area contributed by atoms with Crippen LogP contribution in [0, 0.1) is 23.2 Å². The van der Waals surface area contributed by atoms with Gasteiger partial charge in [-0.3, -0.25) is 4.79 Å². The Hall–Kier alpha value is -0.570. The number of nitrogens with one attached hydrogen (secondary N) is 1. The highest BCUT2D eigenvalue weighted by atomic mass is 16.5. The molecule has 4 bridgehead atoms. The molecule has 4 aliphatic carbocycles. The predicted octanol–water partition coefficient (Wildman–Crippen LogP) is 3.14. The van der Waals surface area contributed by atoms with Crippen LogP contribution in [0.4, 0.5) is 0 Å². The van der Waals surface area contributed by atoms with Crippen molar-refractivity contribution in [2.75, 3.05) is 19.7 Å². The zero-order chi connectivity index (χ0) is 14.0. The third-order valence-corrected chi connectivity index (χ3v) is 5.70.